The van der Waals surface area contributed by atoms with Crippen molar-refractivity contribution in [3.63, 3.8) is 0 Å². The summed E-state index contributed by atoms with van der Waals surface area (Å²) in [6.45, 7) is 11.2. The van der Waals surface area contributed by atoms with E-state index in [1.165, 1.54) is 16.7 Å². The zero-order valence-electron chi connectivity index (χ0n) is 22.4. The van der Waals surface area contributed by atoms with Gasteiger partial charge in [-0.15, -0.1) is 0 Å². The van der Waals surface area contributed by atoms with Crippen molar-refractivity contribution < 1.29 is 19.7 Å². The average Bonchev–Trinajstić information content (AvgIpc) is 2.93. The number of aliphatic hydroxyl groups is 1. The van der Waals surface area contributed by atoms with E-state index in [-0.39, 0.29) is 5.92 Å². The van der Waals surface area contributed by atoms with Gasteiger partial charge in [0.15, 0.2) is 6.10 Å². The Bertz CT molecular complexity index is 1020. The third-order valence-corrected chi connectivity index (χ3v) is 6.09. The Hall–Kier alpha value is -3.25. The maximum Gasteiger partial charge on any atom is 0.337 e. The SMILES string of the molecule is CCCOC(c1ccccc1)(c1ccccc1)C(C)CNCC=C(C)C.O=C(O)C(O)c1ccccc1. The fourth-order valence-electron chi connectivity index (χ4n) is 4.18. The van der Waals surface area contributed by atoms with Crippen LogP contribution in [0.25, 0.3) is 0 Å². The van der Waals surface area contributed by atoms with Crippen LogP contribution >= 0.6 is 0 Å². The number of carboxylic acid groups (broad SMARTS) is 1. The third-order valence-electron chi connectivity index (χ3n) is 6.09. The van der Waals surface area contributed by atoms with Crippen molar-refractivity contribution >= 4 is 5.97 Å². The van der Waals surface area contributed by atoms with Gasteiger partial charge in [-0.3, -0.25) is 0 Å². The lowest BCUT2D eigenvalue weighted by Crippen LogP contribution is -2.43. The monoisotopic (exact) mass is 503 g/mol. The molecule has 198 valence electrons. The number of aliphatic carboxylic acids is 1. The quantitative estimate of drug-likeness (QED) is 0.198. The number of carbonyl (C=O) groups is 1. The molecule has 0 radical (unpaired) electrons. The molecule has 0 aliphatic carbocycles. The summed E-state index contributed by atoms with van der Waals surface area (Å²) in [5.74, 6) is -0.944. The van der Waals surface area contributed by atoms with Crippen LogP contribution in [0.2, 0.25) is 0 Å². The van der Waals surface area contributed by atoms with Crippen LogP contribution in [-0.2, 0) is 15.1 Å². The first-order valence-corrected chi connectivity index (χ1v) is 12.9. The van der Waals surface area contributed by atoms with E-state index >= 15 is 0 Å². The molecule has 2 atom stereocenters. The van der Waals surface area contributed by atoms with E-state index in [1.54, 1.807) is 30.3 Å². The highest BCUT2D eigenvalue weighted by atomic mass is 16.5. The number of rotatable bonds is 12. The lowest BCUT2D eigenvalue weighted by molar-refractivity contribution is -0.146. The van der Waals surface area contributed by atoms with Gasteiger partial charge in [-0.25, -0.2) is 4.79 Å². The van der Waals surface area contributed by atoms with Gasteiger partial charge >= 0.3 is 5.97 Å². The number of hydrogen-bond acceptors (Lipinski definition) is 4. The van der Waals surface area contributed by atoms with E-state index in [0.29, 0.717) is 5.56 Å². The minimum absolute atomic E-state index is 0.282. The molecule has 3 rings (SSSR count). The highest BCUT2D eigenvalue weighted by Crippen LogP contribution is 2.40. The number of aliphatic hydroxyl groups excluding tert-OH is 1. The largest absolute Gasteiger partial charge is 0.479 e. The second kappa shape index (κ2) is 15.8. The van der Waals surface area contributed by atoms with Crippen LogP contribution in [0.15, 0.2) is 103 Å². The number of ether oxygens (including phenoxy) is 1. The molecule has 0 saturated carbocycles. The minimum atomic E-state index is -1.41. The molecule has 3 aromatic rings. The Kier molecular flexibility index (Phi) is 12.8. The van der Waals surface area contributed by atoms with Gasteiger partial charge in [-0.1, -0.05) is 116 Å². The van der Waals surface area contributed by atoms with Crippen LogP contribution in [0.3, 0.4) is 0 Å². The first-order valence-electron chi connectivity index (χ1n) is 12.9. The Balaban J connectivity index is 0.000000364. The molecule has 0 bridgehead atoms. The Labute approximate surface area is 221 Å². The average molecular weight is 504 g/mol. The van der Waals surface area contributed by atoms with Gasteiger partial charge in [0.05, 0.1) is 0 Å². The molecular formula is C32H41NO4. The van der Waals surface area contributed by atoms with Crippen LogP contribution in [0.5, 0.6) is 0 Å². The number of nitrogens with one attached hydrogen (secondary N) is 1. The van der Waals surface area contributed by atoms with Crippen LogP contribution in [0, 0.1) is 5.92 Å². The summed E-state index contributed by atoms with van der Waals surface area (Å²) in [4.78, 5) is 10.2. The van der Waals surface area contributed by atoms with E-state index < -0.39 is 17.7 Å². The molecule has 0 amide bonds. The third kappa shape index (κ3) is 8.97. The van der Waals surface area contributed by atoms with Crippen molar-refractivity contribution in [1.82, 2.24) is 5.32 Å². The second-order valence-electron chi connectivity index (χ2n) is 9.31. The zero-order chi connectivity index (χ0) is 27.1. The smallest absolute Gasteiger partial charge is 0.337 e. The first kappa shape index (κ1) is 30.0. The van der Waals surface area contributed by atoms with Crippen LogP contribution in [0.4, 0.5) is 0 Å². The highest BCUT2D eigenvalue weighted by molar-refractivity contribution is 5.73. The zero-order valence-corrected chi connectivity index (χ0v) is 22.4. The summed E-state index contributed by atoms with van der Waals surface area (Å²) in [5, 5.41) is 21.0. The van der Waals surface area contributed by atoms with Crippen LogP contribution < -0.4 is 5.32 Å². The van der Waals surface area contributed by atoms with E-state index in [4.69, 9.17) is 14.9 Å². The molecule has 3 N–H and O–H groups in total. The van der Waals surface area contributed by atoms with Gasteiger partial charge in [0.25, 0.3) is 0 Å². The van der Waals surface area contributed by atoms with Crippen molar-refractivity contribution in [3.05, 3.63) is 119 Å². The summed E-state index contributed by atoms with van der Waals surface area (Å²) >= 11 is 0. The normalized spacial score (nSPS) is 12.6. The topological polar surface area (TPSA) is 78.8 Å². The predicted octanol–water partition coefficient (Wildman–Crippen LogP) is 6.35. The number of allylic oxidation sites excluding steroid dienone is 1. The highest BCUT2D eigenvalue weighted by Gasteiger charge is 2.40. The van der Waals surface area contributed by atoms with Gasteiger partial charge in [0.1, 0.15) is 5.60 Å². The van der Waals surface area contributed by atoms with E-state index in [9.17, 15) is 4.79 Å². The molecule has 0 aromatic heterocycles. The Morgan fingerprint density at radius 2 is 1.41 bits per heavy atom. The number of hydrogen-bond donors (Lipinski definition) is 3. The summed E-state index contributed by atoms with van der Waals surface area (Å²) in [5.41, 5.74) is 3.73. The molecule has 0 heterocycles. The van der Waals surface area contributed by atoms with Crippen molar-refractivity contribution in [2.24, 2.45) is 5.92 Å². The lowest BCUT2D eigenvalue weighted by Gasteiger charge is -2.40. The summed E-state index contributed by atoms with van der Waals surface area (Å²) < 4.78 is 6.64. The predicted molar refractivity (Wildman–Crippen MR) is 150 cm³/mol. The molecule has 0 saturated heterocycles. The van der Waals surface area contributed by atoms with Gasteiger partial charge < -0.3 is 20.3 Å². The molecule has 5 nitrogen and oxygen atoms in total. The Morgan fingerprint density at radius 1 is 0.919 bits per heavy atom. The van der Waals surface area contributed by atoms with Crippen molar-refractivity contribution in [2.45, 2.75) is 45.8 Å². The lowest BCUT2D eigenvalue weighted by atomic mass is 9.76. The summed E-state index contributed by atoms with van der Waals surface area (Å²) in [6.07, 6.45) is 1.82. The standard InChI is InChI=1S/C24H33NO.C8H8O3/c1-5-18-26-24(22-12-8-6-9-13-22,23-14-10-7-11-15-23)21(4)19-25-17-16-20(2)3;9-7(8(10)11)6-4-2-1-3-5-6/h6-16,21,25H,5,17-19H2,1-4H3;1-5,7,9H,(H,10,11). The van der Waals surface area contributed by atoms with E-state index in [1.807, 2.05) is 0 Å². The number of carboxylic acids is 1. The van der Waals surface area contributed by atoms with Gasteiger partial charge in [0, 0.05) is 25.6 Å². The molecule has 2 unspecified atom stereocenters. The molecular weight excluding hydrogens is 462 g/mol. The molecule has 0 aliphatic rings. The van der Waals surface area contributed by atoms with E-state index in [0.717, 1.165) is 26.1 Å². The maximum atomic E-state index is 10.2. The van der Waals surface area contributed by atoms with Crippen molar-refractivity contribution in [1.29, 1.82) is 0 Å². The fourth-order valence-corrected chi connectivity index (χ4v) is 4.18. The number of benzene rings is 3. The fraction of sp³-hybridized carbons (Fsp3) is 0.344. The molecule has 0 aliphatic heterocycles. The summed E-state index contributed by atoms with van der Waals surface area (Å²) in [7, 11) is 0. The van der Waals surface area contributed by atoms with Gasteiger partial charge in [-0.2, -0.15) is 0 Å². The van der Waals surface area contributed by atoms with E-state index in [2.05, 4.69) is 99.8 Å². The molecule has 0 fully saturated rings. The van der Waals surface area contributed by atoms with Crippen LogP contribution in [0.1, 0.15) is 56.9 Å². The maximum absolute atomic E-state index is 10.2. The van der Waals surface area contributed by atoms with Gasteiger partial charge in [0.2, 0.25) is 0 Å². The molecule has 5 heteroatoms. The van der Waals surface area contributed by atoms with Crippen LogP contribution in [-0.4, -0.2) is 35.9 Å². The first-order chi connectivity index (χ1) is 17.8. The second-order valence-corrected chi connectivity index (χ2v) is 9.31. The Morgan fingerprint density at radius 3 is 1.84 bits per heavy atom. The minimum Gasteiger partial charge on any atom is -0.479 e. The van der Waals surface area contributed by atoms with Crippen molar-refractivity contribution in [2.75, 3.05) is 19.7 Å². The molecule has 3 aromatic carbocycles. The molecule has 0 spiro atoms. The van der Waals surface area contributed by atoms with Gasteiger partial charge in [-0.05, 0) is 37.0 Å². The summed E-state index contributed by atoms with van der Waals surface area (Å²) in [6, 6.07) is 29.6. The van der Waals surface area contributed by atoms with Crippen molar-refractivity contribution in [3.8, 4) is 0 Å². The molecule has 37 heavy (non-hydrogen) atoms.